The van der Waals surface area contributed by atoms with E-state index in [4.69, 9.17) is 14.7 Å². The Morgan fingerprint density at radius 1 is 1.12 bits per heavy atom. The molecule has 0 saturated heterocycles. The molecule has 3 rings (SSSR count). The second-order valence-corrected chi connectivity index (χ2v) is 5.81. The number of aromatic nitrogens is 1. The summed E-state index contributed by atoms with van der Waals surface area (Å²) in [5, 5.41) is 9.16. The van der Waals surface area contributed by atoms with E-state index in [9.17, 15) is 0 Å². The molecule has 0 radical (unpaired) electrons. The first kappa shape index (κ1) is 16.1. The summed E-state index contributed by atoms with van der Waals surface area (Å²) < 4.78 is 11.6. The van der Waals surface area contributed by atoms with E-state index in [1.165, 1.54) is 12.8 Å². The zero-order valence-corrected chi connectivity index (χ0v) is 13.7. The van der Waals surface area contributed by atoms with Crippen LogP contribution in [0.2, 0.25) is 0 Å². The van der Waals surface area contributed by atoms with Gasteiger partial charge in [0.25, 0.3) is 0 Å². The van der Waals surface area contributed by atoms with Crippen LogP contribution < -0.4 is 9.47 Å². The minimum absolute atomic E-state index is 0.249. The van der Waals surface area contributed by atoms with Crippen molar-refractivity contribution in [1.29, 1.82) is 5.26 Å². The average Bonchev–Trinajstić information content (AvgIpc) is 3.13. The van der Waals surface area contributed by atoms with Crippen LogP contribution in [-0.2, 0) is 0 Å². The quantitative estimate of drug-likeness (QED) is 0.768. The van der Waals surface area contributed by atoms with Crippen LogP contribution in [0.3, 0.4) is 0 Å². The summed E-state index contributed by atoms with van der Waals surface area (Å²) in [4.78, 5) is 4.04. The van der Waals surface area contributed by atoms with Crippen molar-refractivity contribution >= 4 is 5.57 Å². The molecule has 0 aliphatic heterocycles. The van der Waals surface area contributed by atoms with Gasteiger partial charge in [0.05, 0.1) is 19.3 Å². The number of hydrogen-bond donors (Lipinski definition) is 0. The molecule has 1 fully saturated rings. The van der Waals surface area contributed by atoms with Crippen LogP contribution in [-0.4, -0.2) is 18.2 Å². The van der Waals surface area contributed by atoms with Gasteiger partial charge in [0, 0.05) is 18.5 Å². The zero-order valence-electron chi connectivity index (χ0n) is 13.7. The lowest BCUT2D eigenvalue weighted by atomic mass is 9.98. The molecule has 0 bridgehead atoms. The van der Waals surface area contributed by atoms with E-state index in [0.717, 1.165) is 41.0 Å². The molecule has 1 aromatic carbocycles. The maximum absolute atomic E-state index is 9.16. The van der Waals surface area contributed by atoms with Gasteiger partial charge in [0.2, 0.25) is 0 Å². The van der Waals surface area contributed by atoms with Crippen LogP contribution in [0.1, 0.15) is 36.8 Å². The molecule has 0 atom stereocenters. The third-order valence-electron chi connectivity index (χ3n) is 4.27. The minimum atomic E-state index is 0.249. The first-order valence-electron chi connectivity index (χ1n) is 8.17. The molecule has 1 aromatic heterocycles. The summed E-state index contributed by atoms with van der Waals surface area (Å²) >= 11 is 0. The standard InChI is InChI=1S/C20H20N2O2/c1-23-19-7-6-16(14-20(19)24-17-4-2-3-5-17)18(8-11-21)15-9-12-22-13-10-15/h6-10,12-14,17H,2-5H2,1H3/b18-8+. The van der Waals surface area contributed by atoms with Crippen LogP contribution in [0.5, 0.6) is 11.5 Å². The first-order valence-corrected chi connectivity index (χ1v) is 8.17. The molecule has 4 heteroatoms. The molecule has 0 N–H and O–H groups in total. The number of nitrogens with zero attached hydrogens (tertiary/aromatic N) is 2. The number of allylic oxidation sites excluding steroid dienone is 1. The number of methoxy groups -OCH3 is 1. The minimum Gasteiger partial charge on any atom is -0.493 e. The van der Waals surface area contributed by atoms with Gasteiger partial charge in [-0.3, -0.25) is 4.98 Å². The highest BCUT2D eigenvalue weighted by Crippen LogP contribution is 2.35. The van der Waals surface area contributed by atoms with Crippen LogP contribution >= 0.6 is 0 Å². The second-order valence-electron chi connectivity index (χ2n) is 5.81. The van der Waals surface area contributed by atoms with Crippen molar-refractivity contribution in [3.8, 4) is 17.6 Å². The van der Waals surface area contributed by atoms with Crippen LogP contribution in [0.15, 0.2) is 48.8 Å². The highest BCUT2D eigenvalue weighted by molar-refractivity contribution is 5.82. The highest BCUT2D eigenvalue weighted by Gasteiger charge is 2.19. The van der Waals surface area contributed by atoms with Gasteiger partial charge in [0.1, 0.15) is 0 Å². The van der Waals surface area contributed by atoms with Crippen molar-refractivity contribution in [2.75, 3.05) is 7.11 Å². The van der Waals surface area contributed by atoms with Crippen molar-refractivity contribution in [2.24, 2.45) is 0 Å². The number of nitriles is 1. The summed E-state index contributed by atoms with van der Waals surface area (Å²) in [6.07, 6.45) is 9.83. The molecule has 1 aliphatic rings. The Balaban J connectivity index is 1.97. The van der Waals surface area contributed by atoms with Crippen LogP contribution in [0.4, 0.5) is 0 Å². The number of hydrogen-bond acceptors (Lipinski definition) is 4. The number of pyridine rings is 1. The van der Waals surface area contributed by atoms with E-state index in [2.05, 4.69) is 11.1 Å². The van der Waals surface area contributed by atoms with E-state index in [1.807, 2.05) is 30.3 Å². The van der Waals surface area contributed by atoms with Gasteiger partial charge in [0.15, 0.2) is 11.5 Å². The van der Waals surface area contributed by atoms with Gasteiger partial charge in [-0.25, -0.2) is 0 Å². The lowest BCUT2D eigenvalue weighted by molar-refractivity contribution is 0.201. The Bertz CT molecular complexity index is 757. The summed E-state index contributed by atoms with van der Waals surface area (Å²) in [6.45, 7) is 0. The molecule has 2 aromatic rings. The zero-order chi connectivity index (χ0) is 16.8. The molecule has 1 aliphatic carbocycles. The lowest BCUT2D eigenvalue weighted by Gasteiger charge is -2.17. The smallest absolute Gasteiger partial charge is 0.162 e. The molecule has 122 valence electrons. The molecule has 0 unspecified atom stereocenters. The Morgan fingerprint density at radius 2 is 1.88 bits per heavy atom. The molecule has 4 nitrogen and oxygen atoms in total. The maximum atomic E-state index is 9.16. The Hall–Kier alpha value is -2.80. The summed E-state index contributed by atoms with van der Waals surface area (Å²) in [6, 6.07) is 11.7. The maximum Gasteiger partial charge on any atom is 0.162 e. The van der Waals surface area contributed by atoms with Crippen molar-refractivity contribution in [3.63, 3.8) is 0 Å². The van der Waals surface area contributed by atoms with E-state index >= 15 is 0 Å². The number of benzene rings is 1. The fourth-order valence-electron chi connectivity index (χ4n) is 3.05. The summed E-state index contributed by atoms with van der Waals surface area (Å²) in [5.41, 5.74) is 2.72. The normalized spacial score (nSPS) is 15.1. The molecular weight excluding hydrogens is 300 g/mol. The topological polar surface area (TPSA) is 55.1 Å². The molecule has 1 saturated carbocycles. The molecule has 0 spiro atoms. The van der Waals surface area contributed by atoms with Crippen molar-refractivity contribution in [3.05, 3.63) is 59.9 Å². The predicted octanol–water partition coefficient (Wildman–Crippen LogP) is 4.37. The van der Waals surface area contributed by atoms with Crippen LogP contribution in [0, 0.1) is 11.3 Å². The van der Waals surface area contributed by atoms with Gasteiger partial charge in [-0.1, -0.05) is 6.07 Å². The van der Waals surface area contributed by atoms with Gasteiger partial charge in [-0.2, -0.15) is 5.26 Å². The largest absolute Gasteiger partial charge is 0.493 e. The molecular formula is C20H20N2O2. The van der Waals surface area contributed by atoms with Crippen molar-refractivity contribution in [2.45, 2.75) is 31.8 Å². The Morgan fingerprint density at radius 3 is 2.54 bits per heavy atom. The monoisotopic (exact) mass is 320 g/mol. The Labute approximate surface area is 142 Å². The number of rotatable bonds is 5. The lowest BCUT2D eigenvalue weighted by Crippen LogP contribution is -2.11. The fourth-order valence-corrected chi connectivity index (χ4v) is 3.05. The van der Waals surface area contributed by atoms with Crippen molar-refractivity contribution < 1.29 is 9.47 Å². The van der Waals surface area contributed by atoms with E-state index in [-0.39, 0.29) is 6.10 Å². The Kier molecular flexibility index (Phi) is 5.12. The predicted molar refractivity (Wildman–Crippen MR) is 92.8 cm³/mol. The first-order chi connectivity index (χ1) is 11.8. The molecule has 24 heavy (non-hydrogen) atoms. The third-order valence-corrected chi connectivity index (χ3v) is 4.27. The fraction of sp³-hybridized carbons (Fsp3) is 0.300. The molecule has 0 amide bonds. The van der Waals surface area contributed by atoms with E-state index < -0.39 is 0 Å². The van der Waals surface area contributed by atoms with E-state index in [0.29, 0.717) is 0 Å². The van der Waals surface area contributed by atoms with Crippen molar-refractivity contribution in [1.82, 2.24) is 4.98 Å². The average molecular weight is 320 g/mol. The second kappa shape index (κ2) is 7.65. The van der Waals surface area contributed by atoms with Gasteiger partial charge < -0.3 is 9.47 Å². The van der Waals surface area contributed by atoms with Gasteiger partial charge >= 0.3 is 0 Å². The summed E-state index contributed by atoms with van der Waals surface area (Å²) in [7, 11) is 1.64. The number of ether oxygens (including phenoxy) is 2. The van der Waals surface area contributed by atoms with Gasteiger partial charge in [-0.15, -0.1) is 0 Å². The summed E-state index contributed by atoms with van der Waals surface area (Å²) in [5.74, 6) is 1.46. The molecule has 1 heterocycles. The van der Waals surface area contributed by atoms with Crippen LogP contribution in [0.25, 0.3) is 5.57 Å². The highest BCUT2D eigenvalue weighted by atomic mass is 16.5. The third kappa shape index (κ3) is 3.57. The van der Waals surface area contributed by atoms with Gasteiger partial charge in [-0.05, 0) is 66.6 Å². The van der Waals surface area contributed by atoms with E-state index in [1.54, 1.807) is 25.6 Å². The SMILES string of the molecule is COc1ccc(/C(=C/C#N)c2ccncc2)cc1OC1CCCC1.